The van der Waals surface area contributed by atoms with E-state index in [0.29, 0.717) is 27.2 Å². The SMILES string of the molecule is Cc1ccc2c(C(=O)O)c(C)c(-c3ccc(Cl)cc3)nc2c1C. The van der Waals surface area contributed by atoms with Crippen molar-refractivity contribution in [2.45, 2.75) is 20.8 Å². The number of rotatable bonds is 2. The maximum atomic E-state index is 11.8. The Morgan fingerprint density at radius 3 is 2.26 bits per heavy atom. The fourth-order valence-electron chi connectivity index (χ4n) is 2.83. The van der Waals surface area contributed by atoms with E-state index in [1.807, 2.05) is 38.1 Å². The second-order valence-corrected chi connectivity index (χ2v) is 6.11. The molecule has 1 N–H and O–H groups in total. The number of aromatic nitrogens is 1. The van der Waals surface area contributed by atoms with Crippen molar-refractivity contribution in [1.82, 2.24) is 4.98 Å². The summed E-state index contributed by atoms with van der Waals surface area (Å²) in [4.78, 5) is 16.6. The summed E-state index contributed by atoms with van der Waals surface area (Å²) in [5.41, 5.74) is 5.33. The van der Waals surface area contributed by atoms with Gasteiger partial charge in [0.25, 0.3) is 0 Å². The van der Waals surface area contributed by atoms with E-state index >= 15 is 0 Å². The summed E-state index contributed by atoms with van der Waals surface area (Å²) in [5.74, 6) is -0.937. The van der Waals surface area contributed by atoms with Gasteiger partial charge >= 0.3 is 5.97 Å². The minimum Gasteiger partial charge on any atom is -0.478 e. The van der Waals surface area contributed by atoms with E-state index in [1.165, 1.54) is 0 Å². The lowest BCUT2D eigenvalue weighted by atomic mass is 9.95. The minimum absolute atomic E-state index is 0.308. The van der Waals surface area contributed by atoms with Crippen molar-refractivity contribution in [1.29, 1.82) is 0 Å². The Bertz CT molecular complexity index is 930. The van der Waals surface area contributed by atoms with Gasteiger partial charge in [-0.15, -0.1) is 0 Å². The number of aryl methyl sites for hydroxylation is 2. The molecule has 0 amide bonds. The number of halogens is 1. The first-order chi connectivity index (χ1) is 10.9. The highest BCUT2D eigenvalue weighted by molar-refractivity contribution is 6.30. The first-order valence-electron chi connectivity index (χ1n) is 7.30. The standard InChI is InChI=1S/C19H16ClNO2/c1-10-4-9-15-16(19(22)23)12(3)17(21-18(15)11(10)2)13-5-7-14(20)8-6-13/h4-9H,1-3H3,(H,22,23). The monoisotopic (exact) mass is 325 g/mol. The second-order valence-electron chi connectivity index (χ2n) is 5.68. The van der Waals surface area contributed by atoms with Crippen molar-refractivity contribution in [2.24, 2.45) is 0 Å². The molecule has 116 valence electrons. The number of aromatic carboxylic acids is 1. The second kappa shape index (κ2) is 5.67. The molecule has 1 aromatic heterocycles. The third-order valence-electron chi connectivity index (χ3n) is 4.26. The molecule has 0 fully saturated rings. The molecule has 0 saturated carbocycles. The molecule has 0 unspecified atom stereocenters. The molecule has 2 aromatic carbocycles. The van der Waals surface area contributed by atoms with Crippen LogP contribution >= 0.6 is 11.6 Å². The van der Waals surface area contributed by atoms with E-state index in [-0.39, 0.29) is 0 Å². The van der Waals surface area contributed by atoms with Gasteiger partial charge in [0, 0.05) is 16.0 Å². The zero-order valence-corrected chi connectivity index (χ0v) is 13.9. The Morgan fingerprint density at radius 1 is 1.00 bits per heavy atom. The third kappa shape index (κ3) is 2.57. The summed E-state index contributed by atoms with van der Waals surface area (Å²) in [6, 6.07) is 11.1. The van der Waals surface area contributed by atoms with E-state index < -0.39 is 5.97 Å². The van der Waals surface area contributed by atoms with E-state index in [9.17, 15) is 9.90 Å². The molecule has 0 atom stereocenters. The molecule has 3 aromatic rings. The zero-order chi connectivity index (χ0) is 16.7. The van der Waals surface area contributed by atoms with Crippen LogP contribution in [0.15, 0.2) is 36.4 Å². The molecule has 0 spiro atoms. The van der Waals surface area contributed by atoms with Crippen molar-refractivity contribution in [2.75, 3.05) is 0 Å². The van der Waals surface area contributed by atoms with Gasteiger partial charge in [-0.2, -0.15) is 0 Å². The number of pyridine rings is 1. The predicted octanol–water partition coefficient (Wildman–Crippen LogP) is 5.18. The number of hydrogen-bond donors (Lipinski definition) is 1. The highest BCUT2D eigenvalue weighted by Crippen LogP contribution is 2.32. The number of carbonyl (C=O) groups is 1. The van der Waals surface area contributed by atoms with Crippen LogP contribution in [0.25, 0.3) is 22.2 Å². The Hall–Kier alpha value is -2.39. The molecular weight excluding hydrogens is 310 g/mol. The van der Waals surface area contributed by atoms with Crippen LogP contribution in [0.4, 0.5) is 0 Å². The molecule has 3 rings (SSSR count). The number of hydrogen-bond acceptors (Lipinski definition) is 2. The number of carboxylic acid groups (broad SMARTS) is 1. The van der Waals surface area contributed by atoms with E-state index in [2.05, 4.69) is 0 Å². The molecule has 0 aliphatic heterocycles. The van der Waals surface area contributed by atoms with Gasteiger partial charge in [0.05, 0.1) is 16.8 Å². The van der Waals surface area contributed by atoms with Gasteiger partial charge in [0.1, 0.15) is 0 Å². The van der Waals surface area contributed by atoms with Crippen LogP contribution in [0, 0.1) is 20.8 Å². The van der Waals surface area contributed by atoms with E-state index in [0.717, 1.165) is 22.2 Å². The van der Waals surface area contributed by atoms with Crippen molar-refractivity contribution >= 4 is 28.5 Å². The van der Waals surface area contributed by atoms with Crippen molar-refractivity contribution in [3.05, 3.63) is 63.7 Å². The quantitative estimate of drug-likeness (QED) is 0.706. The Kier molecular flexibility index (Phi) is 3.82. The van der Waals surface area contributed by atoms with Crippen LogP contribution in [-0.4, -0.2) is 16.1 Å². The summed E-state index contributed by atoms with van der Waals surface area (Å²) in [5, 5.41) is 11.0. The summed E-state index contributed by atoms with van der Waals surface area (Å²) >= 11 is 5.95. The predicted molar refractivity (Wildman–Crippen MR) is 93.4 cm³/mol. The van der Waals surface area contributed by atoms with Crippen LogP contribution in [0.5, 0.6) is 0 Å². The maximum Gasteiger partial charge on any atom is 0.336 e. The molecule has 0 aliphatic rings. The normalized spacial score (nSPS) is 11.0. The Balaban J connectivity index is 2.43. The summed E-state index contributed by atoms with van der Waals surface area (Å²) in [7, 11) is 0. The van der Waals surface area contributed by atoms with Gasteiger partial charge in [0.15, 0.2) is 0 Å². The highest BCUT2D eigenvalue weighted by Gasteiger charge is 2.19. The van der Waals surface area contributed by atoms with E-state index in [4.69, 9.17) is 16.6 Å². The third-order valence-corrected chi connectivity index (χ3v) is 4.51. The molecule has 0 radical (unpaired) electrons. The molecule has 0 saturated heterocycles. The van der Waals surface area contributed by atoms with Gasteiger partial charge in [-0.1, -0.05) is 35.9 Å². The largest absolute Gasteiger partial charge is 0.478 e. The zero-order valence-electron chi connectivity index (χ0n) is 13.1. The average molecular weight is 326 g/mol. The molecule has 1 heterocycles. The van der Waals surface area contributed by atoms with Gasteiger partial charge < -0.3 is 5.11 Å². The molecule has 23 heavy (non-hydrogen) atoms. The Morgan fingerprint density at radius 2 is 1.65 bits per heavy atom. The summed E-state index contributed by atoms with van der Waals surface area (Å²) in [6.45, 7) is 5.77. The number of carboxylic acids is 1. The van der Waals surface area contributed by atoms with Crippen LogP contribution in [0.2, 0.25) is 5.02 Å². The summed E-state index contributed by atoms with van der Waals surface area (Å²) in [6.07, 6.45) is 0. The van der Waals surface area contributed by atoms with E-state index in [1.54, 1.807) is 19.1 Å². The highest BCUT2D eigenvalue weighted by atomic mass is 35.5. The fraction of sp³-hybridized carbons (Fsp3) is 0.158. The minimum atomic E-state index is -0.937. The first kappa shape index (κ1) is 15.5. The van der Waals surface area contributed by atoms with Gasteiger partial charge in [-0.25, -0.2) is 9.78 Å². The topological polar surface area (TPSA) is 50.2 Å². The average Bonchev–Trinajstić information content (AvgIpc) is 2.51. The van der Waals surface area contributed by atoms with Gasteiger partial charge in [-0.3, -0.25) is 0 Å². The molecule has 0 aliphatic carbocycles. The van der Waals surface area contributed by atoms with Gasteiger partial charge in [-0.05, 0) is 49.6 Å². The van der Waals surface area contributed by atoms with Crippen LogP contribution < -0.4 is 0 Å². The van der Waals surface area contributed by atoms with Crippen molar-refractivity contribution < 1.29 is 9.90 Å². The fourth-order valence-corrected chi connectivity index (χ4v) is 2.95. The molecule has 3 nitrogen and oxygen atoms in total. The number of benzene rings is 2. The van der Waals surface area contributed by atoms with Crippen LogP contribution in [-0.2, 0) is 0 Å². The smallest absolute Gasteiger partial charge is 0.336 e. The number of fused-ring (bicyclic) bond motifs is 1. The van der Waals surface area contributed by atoms with Gasteiger partial charge in [0.2, 0.25) is 0 Å². The van der Waals surface area contributed by atoms with Crippen molar-refractivity contribution in [3.63, 3.8) is 0 Å². The lowest BCUT2D eigenvalue weighted by molar-refractivity contribution is 0.0698. The maximum absolute atomic E-state index is 11.8. The lowest BCUT2D eigenvalue weighted by Crippen LogP contribution is -2.06. The molecule has 4 heteroatoms. The number of nitrogens with zero attached hydrogens (tertiary/aromatic N) is 1. The summed E-state index contributed by atoms with van der Waals surface area (Å²) < 4.78 is 0. The molecular formula is C19H16ClNO2. The lowest BCUT2D eigenvalue weighted by Gasteiger charge is -2.14. The van der Waals surface area contributed by atoms with Crippen LogP contribution in [0.3, 0.4) is 0 Å². The Labute approximate surface area is 139 Å². The molecule has 0 bridgehead atoms. The first-order valence-corrected chi connectivity index (χ1v) is 7.67. The van der Waals surface area contributed by atoms with Crippen LogP contribution in [0.1, 0.15) is 27.0 Å². The van der Waals surface area contributed by atoms with Crippen molar-refractivity contribution in [3.8, 4) is 11.3 Å².